The smallest absolute Gasteiger partial charge is 0.118 e. The van der Waals surface area contributed by atoms with Crippen LogP contribution < -0.4 is 15.4 Å². The summed E-state index contributed by atoms with van der Waals surface area (Å²) in [5.74, 6) is 1.90. The van der Waals surface area contributed by atoms with Crippen molar-refractivity contribution in [3.05, 3.63) is 84.0 Å². The maximum Gasteiger partial charge on any atom is 0.118 e. The van der Waals surface area contributed by atoms with Crippen molar-refractivity contribution in [1.29, 1.82) is 0 Å². The van der Waals surface area contributed by atoms with Crippen LogP contribution in [0.2, 0.25) is 0 Å². The van der Waals surface area contributed by atoms with Gasteiger partial charge in [-0.3, -0.25) is 4.98 Å². The van der Waals surface area contributed by atoms with Crippen molar-refractivity contribution in [2.24, 2.45) is 0 Å². The number of methoxy groups -OCH3 is 1. The Kier molecular flexibility index (Phi) is 4.94. The molecule has 0 saturated heterocycles. The van der Waals surface area contributed by atoms with Gasteiger partial charge in [0.2, 0.25) is 0 Å². The molecule has 0 bridgehead atoms. The molecule has 1 atom stereocenters. The third-order valence-electron chi connectivity index (χ3n) is 3.78. The molecule has 1 unspecified atom stereocenters. The number of benzene rings is 1. The highest BCUT2D eigenvalue weighted by molar-refractivity contribution is 5.34. The number of nitrogens with one attached hydrogen (secondary N) is 2. The first-order chi connectivity index (χ1) is 11.3. The summed E-state index contributed by atoms with van der Waals surface area (Å²) in [5, 5.41) is 6.92. The predicted octanol–water partition coefficient (Wildman–Crippen LogP) is 2.96. The van der Waals surface area contributed by atoms with E-state index in [1.54, 1.807) is 7.11 Å². The summed E-state index contributed by atoms with van der Waals surface area (Å²) >= 11 is 0. The Morgan fingerprint density at radius 3 is 2.78 bits per heavy atom. The van der Waals surface area contributed by atoms with Gasteiger partial charge in [-0.05, 0) is 35.9 Å². The molecule has 4 nitrogen and oxygen atoms in total. The van der Waals surface area contributed by atoms with E-state index in [1.165, 1.54) is 5.56 Å². The van der Waals surface area contributed by atoms with Crippen LogP contribution in [0.1, 0.15) is 17.3 Å². The van der Waals surface area contributed by atoms with Gasteiger partial charge in [0.15, 0.2) is 0 Å². The van der Waals surface area contributed by atoms with Gasteiger partial charge in [0.1, 0.15) is 5.75 Å². The summed E-state index contributed by atoms with van der Waals surface area (Å²) in [4.78, 5) is 4.33. The van der Waals surface area contributed by atoms with Crippen molar-refractivity contribution in [2.45, 2.75) is 12.5 Å². The standard InChI is InChI=1S/C19H21N3O/c1-23-17-10-8-15(9-11-17)18-6-4-7-19(22-18)21-14-12-16-5-2-3-13-20-16/h2-11,13,18,21-22H,12,14H2,1H3. The second-order valence-corrected chi connectivity index (χ2v) is 5.36. The quantitative estimate of drug-likeness (QED) is 0.861. The van der Waals surface area contributed by atoms with Crippen molar-refractivity contribution < 1.29 is 4.74 Å². The summed E-state index contributed by atoms with van der Waals surface area (Å²) in [5.41, 5.74) is 2.30. The Hall–Kier alpha value is -2.75. The Morgan fingerprint density at radius 1 is 1.17 bits per heavy atom. The molecular weight excluding hydrogens is 286 g/mol. The molecule has 23 heavy (non-hydrogen) atoms. The third-order valence-corrected chi connectivity index (χ3v) is 3.78. The monoisotopic (exact) mass is 307 g/mol. The van der Waals surface area contributed by atoms with Crippen molar-refractivity contribution in [1.82, 2.24) is 15.6 Å². The van der Waals surface area contributed by atoms with Crippen LogP contribution in [0.5, 0.6) is 5.75 Å². The van der Waals surface area contributed by atoms with E-state index in [2.05, 4.69) is 46.0 Å². The van der Waals surface area contributed by atoms with E-state index in [0.717, 1.165) is 30.2 Å². The molecule has 0 spiro atoms. The summed E-state index contributed by atoms with van der Waals surface area (Å²) in [6.07, 6.45) is 9.01. The van der Waals surface area contributed by atoms with E-state index in [0.29, 0.717) is 0 Å². The van der Waals surface area contributed by atoms with Crippen LogP contribution >= 0.6 is 0 Å². The average Bonchev–Trinajstić information content (AvgIpc) is 2.63. The molecule has 1 aromatic heterocycles. The third kappa shape index (κ3) is 4.13. The highest BCUT2D eigenvalue weighted by Crippen LogP contribution is 2.21. The Morgan fingerprint density at radius 2 is 2.04 bits per heavy atom. The molecule has 118 valence electrons. The highest BCUT2D eigenvalue weighted by atomic mass is 16.5. The predicted molar refractivity (Wildman–Crippen MR) is 92.0 cm³/mol. The molecule has 2 N–H and O–H groups in total. The lowest BCUT2D eigenvalue weighted by Crippen LogP contribution is -2.31. The zero-order valence-corrected chi connectivity index (χ0v) is 13.2. The van der Waals surface area contributed by atoms with Crippen LogP contribution in [0.25, 0.3) is 0 Å². The zero-order chi connectivity index (χ0) is 15.9. The fourth-order valence-electron chi connectivity index (χ4n) is 2.51. The van der Waals surface area contributed by atoms with Gasteiger partial charge in [-0.1, -0.05) is 30.4 Å². The molecule has 3 rings (SSSR count). The van der Waals surface area contributed by atoms with Crippen molar-refractivity contribution in [3.8, 4) is 5.75 Å². The van der Waals surface area contributed by atoms with E-state index in [4.69, 9.17) is 4.74 Å². The summed E-state index contributed by atoms with van der Waals surface area (Å²) < 4.78 is 5.20. The fourth-order valence-corrected chi connectivity index (χ4v) is 2.51. The van der Waals surface area contributed by atoms with Crippen LogP contribution in [0, 0.1) is 0 Å². The number of hydrogen-bond donors (Lipinski definition) is 2. The first-order valence-electron chi connectivity index (χ1n) is 7.78. The minimum absolute atomic E-state index is 0.170. The number of ether oxygens (including phenoxy) is 1. The van der Waals surface area contributed by atoms with Gasteiger partial charge in [-0.25, -0.2) is 0 Å². The van der Waals surface area contributed by atoms with E-state index in [9.17, 15) is 0 Å². The molecule has 0 amide bonds. The summed E-state index contributed by atoms with van der Waals surface area (Å²) in [6, 6.07) is 14.3. The number of pyridine rings is 1. The summed E-state index contributed by atoms with van der Waals surface area (Å²) in [6.45, 7) is 0.846. The molecule has 0 radical (unpaired) electrons. The minimum Gasteiger partial charge on any atom is -0.497 e. The SMILES string of the molecule is COc1ccc(C2C=CC=C(NCCc3ccccn3)N2)cc1. The van der Waals surface area contributed by atoms with Gasteiger partial charge in [0.25, 0.3) is 0 Å². The fraction of sp³-hybridized carbons (Fsp3) is 0.211. The normalized spacial score (nSPS) is 16.4. The number of nitrogens with zero attached hydrogens (tertiary/aromatic N) is 1. The second kappa shape index (κ2) is 7.49. The maximum atomic E-state index is 5.20. The Balaban J connectivity index is 1.53. The molecule has 0 fully saturated rings. The lowest BCUT2D eigenvalue weighted by atomic mass is 10.0. The number of hydrogen-bond acceptors (Lipinski definition) is 4. The van der Waals surface area contributed by atoms with E-state index in [-0.39, 0.29) is 6.04 Å². The zero-order valence-electron chi connectivity index (χ0n) is 13.2. The van der Waals surface area contributed by atoms with Crippen LogP contribution in [-0.4, -0.2) is 18.6 Å². The van der Waals surface area contributed by atoms with Gasteiger partial charge < -0.3 is 15.4 Å². The van der Waals surface area contributed by atoms with Crippen LogP contribution in [0.3, 0.4) is 0 Å². The molecule has 4 heteroatoms. The Labute approximate surface area is 136 Å². The maximum absolute atomic E-state index is 5.20. The van der Waals surface area contributed by atoms with Gasteiger partial charge in [-0.2, -0.15) is 0 Å². The van der Waals surface area contributed by atoms with Gasteiger partial charge in [0, 0.05) is 24.9 Å². The van der Waals surface area contributed by atoms with Crippen molar-refractivity contribution in [2.75, 3.05) is 13.7 Å². The summed E-state index contributed by atoms with van der Waals surface area (Å²) in [7, 11) is 1.68. The number of allylic oxidation sites excluding steroid dienone is 2. The van der Waals surface area contributed by atoms with Gasteiger partial charge >= 0.3 is 0 Å². The van der Waals surface area contributed by atoms with E-state index < -0.39 is 0 Å². The number of aromatic nitrogens is 1. The number of dihydropyridines is 1. The van der Waals surface area contributed by atoms with Gasteiger partial charge in [0.05, 0.1) is 19.0 Å². The lowest BCUT2D eigenvalue weighted by Gasteiger charge is -2.23. The molecule has 1 aromatic carbocycles. The molecule has 0 aliphatic carbocycles. The van der Waals surface area contributed by atoms with E-state index >= 15 is 0 Å². The minimum atomic E-state index is 0.170. The highest BCUT2D eigenvalue weighted by Gasteiger charge is 2.12. The largest absolute Gasteiger partial charge is 0.497 e. The topological polar surface area (TPSA) is 46.2 Å². The van der Waals surface area contributed by atoms with E-state index in [1.807, 2.05) is 36.5 Å². The number of rotatable bonds is 6. The molecule has 2 heterocycles. The average molecular weight is 307 g/mol. The Bertz CT molecular complexity index is 678. The molecule has 0 saturated carbocycles. The lowest BCUT2D eigenvalue weighted by molar-refractivity contribution is 0.414. The van der Waals surface area contributed by atoms with Crippen LogP contribution in [0.4, 0.5) is 0 Å². The first-order valence-corrected chi connectivity index (χ1v) is 7.78. The molecule has 2 aromatic rings. The van der Waals surface area contributed by atoms with Crippen molar-refractivity contribution >= 4 is 0 Å². The first kappa shape index (κ1) is 15.2. The molecule has 1 aliphatic heterocycles. The van der Waals surface area contributed by atoms with Gasteiger partial charge in [-0.15, -0.1) is 0 Å². The molecule has 1 aliphatic rings. The van der Waals surface area contributed by atoms with Crippen LogP contribution in [0.15, 0.2) is 72.7 Å². The second-order valence-electron chi connectivity index (χ2n) is 5.36. The van der Waals surface area contributed by atoms with Crippen LogP contribution in [-0.2, 0) is 6.42 Å². The van der Waals surface area contributed by atoms with Crippen molar-refractivity contribution in [3.63, 3.8) is 0 Å². The molecular formula is C19H21N3O.